The van der Waals surface area contributed by atoms with Crippen LogP contribution in [0, 0.1) is 5.82 Å². The molecule has 1 amide bonds. The van der Waals surface area contributed by atoms with Gasteiger partial charge in [-0.25, -0.2) is 4.39 Å². The van der Waals surface area contributed by atoms with Gasteiger partial charge in [-0.05, 0) is 43.2 Å². The SMILES string of the molecule is CC(C)(C)c1cc(C(=O)Nc2ccc(F)c(C3(C)CCSC(N)=N3)c2)n(Cc2ccccc2)n1. The molecule has 0 saturated carbocycles. The van der Waals surface area contributed by atoms with Crippen molar-refractivity contribution in [3.05, 3.63) is 82.9 Å². The smallest absolute Gasteiger partial charge is 0.273 e. The molecule has 3 aromatic rings. The number of benzene rings is 2. The number of halogens is 1. The van der Waals surface area contributed by atoms with E-state index in [1.807, 2.05) is 43.3 Å². The van der Waals surface area contributed by atoms with Crippen molar-refractivity contribution >= 4 is 28.5 Å². The van der Waals surface area contributed by atoms with Crippen LogP contribution in [0.4, 0.5) is 10.1 Å². The third kappa shape index (κ3) is 5.17. The number of thioether (sulfide) groups is 1. The number of hydrogen-bond acceptors (Lipinski definition) is 5. The van der Waals surface area contributed by atoms with Crippen LogP contribution in [0.5, 0.6) is 0 Å². The van der Waals surface area contributed by atoms with E-state index >= 15 is 0 Å². The van der Waals surface area contributed by atoms with Gasteiger partial charge in [0.05, 0.1) is 17.8 Å². The van der Waals surface area contributed by atoms with E-state index in [2.05, 4.69) is 31.1 Å². The van der Waals surface area contributed by atoms with E-state index in [9.17, 15) is 9.18 Å². The second-order valence-electron chi connectivity index (χ2n) is 9.78. The number of carbonyl (C=O) groups excluding carboxylic acids is 1. The number of anilines is 1. The number of nitrogens with zero attached hydrogens (tertiary/aromatic N) is 3. The number of rotatable bonds is 5. The molecule has 3 N–H and O–H groups in total. The zero-order chi connectivity index (χ0) is 24.5. The van der Waals surface area contributed by atoms with Gasteiger partial charge in [-0.2, -0.15) is 5.10 Å². The van der Waals surface area contributed by atoms with Gasteiger partial charge in [0.1, 0.15) is 11.5 Å². The molecule has 178 valence electrons. The maximum absolute atomic E-state index is 14.8. The van der Waals surface area contributed by atoms with Gasteiger partial charge in [0, 0.05) is 22.4 Å². The van der Waals surface area contributed by atoms with Crippen LogP contribution in [0.3, 0.4) is 0 Å². The van der Waals surface area contributed by atoms with E-state index in [0.29, 0.717) is 35.1 Å². The van der Waals surface area contributed by atoms with E-state index in [0.717, 1.165) is 17.0 Å². The van der Waals surface area contributed by atoms with Crippen molar-refractivity contribution in [3.8, 4) is 0 Å². The molecule has 6 nitrogen and oxygen atoms in total. The number of aromatic nitrogens is 2. The largest absolute Gasteiger partial charge is 0.379 e. The number of amidine groups is 1. The molecule has 0 aliphatic carbocycles. The first-order valence-corrected chi connectivity index (χ1v) is 12.3. The monoisotopic (exact) mass is 479 g/mol. The predicted molar refractivity (Wildman–Crippen MR) is 137 cm³/mol. The molecule has 0 radical (unpaired) electrons. The summed E-state index contributed by atoms with van der Waals surface area (Å²) in [4.78, 5) is 17.9. The first-order chi connectivity index (χ1) is 16.0. The highest BCUT2D eigenvalue weighted by molar-refractivity contribution is 8.13. The van der Waals surface area contributed by atoms with Crippen LogP contribution >= 0.6 is 11.8 Å². The molecule has 2 aromatic carbocycles. The Labute approximate surface area is 203 Å². The average molecular weight is 480 g/mol. The minimum absolute atomic E-state index is 0.217. The summed E-state index contributed by atoms with van der Waals surface area (Å²) in [5.74, 6) is 0.0905. The molecule has 0 fully saturated rings. The van der Waals surface area contributed by atoms with Gasteiger partial charge < -0.3 is 11.1 Å². The number of aliphatic imine (C=N–C) groups is 1. The van der Waals surface area contributed by atoms with Crippen molar-refractivity contribution in [2.24, 2.45) is 10.7 Å². The standard InChI is InChI=1S/C26H30FN5OS/c1-25(2,3)22-15-21(32(31-22)16-17-8-6-5-7-9-17)23(33)29-18-10-11-20(27)19(14-18)26(4)12-13-34-24(28)30-26/h5-11,14-15H,12-13,16H2,1-4H3,(H2,28,30)(H,29,33). The van der Waals surface area contributed by atoms with Crippen molar-refractivity contribution < 1.29 is 9.18 Å². The Morgan fingerprint density at radius 3 is 2.62 bits per heavy atom. The lowest BCUT2D eigenvalue weighted by Gasteiger charge is -2.30. The van der Waals surface area contributed by atoms with Crippen LogP contribution in [0.2, 0.25) is 0 Å². The zero-order valence-electron chi connectivity index (χ0n) is 19.9. The van der Waals surface area contributed by atoms with Gasteiger partial charge in [-0.15, -0.1) is 0 Å². The first-order valence-electron chi connectivity index (χ1n) is 11.3. The molecule has 2 heterocycles. The summed E-state index contributed by atoms with van der Waals surface area (Å²) in [6, 6.07) is 16.3. The van der Waals surface area contributed by atoms with Gasteiger partial charge in [0.2, 0.25) is 0 Å². The Hall–Kier alpha value is -3.13. The van der Waals surface area contributed by atoms with Crippen molar-refractivity contribution in [2.45, 2.75) is 51.6 Å². The molecule has 1 aliphatic heterocycles. The van der Waals surface area contributed by atoms with E-state index < -0.39 is 5.54 Å². The zero-order valence-corrected chi connectivity index (χ0v) is 20.7. The molecule has 4 rings (SSSR count). The van der Waals surface area contributed by atoms with Crippen LogP contribution in [-0.4, -0.2) is 26.6 Å². The highest BCUT2D eigenvalue weighted by Crippen LogP contribution is 2.37. The average Bonchev–Trinajstić information content (AvgIpc) is 3.20. The summed E-state index contributed by atoms with van der Waals surface area (Å²) >= 11 is 1.47. The summed E-state index contributed by atoms with van der Waals surface area (Å²) in [5, 5.41) is 8.11. The Kier molecular flexibility index (Phi) is 6.53. The molecule has 34 heavy (non-hydrogen) atoms. The fraction of sp³-hybridized carbons (Fsp3) is 0.346. The Morgan fingerprint density at radius 2 is 1.94 bits per heavy atom. The second kappa shape index (κ2) is 9.25. The summed E-state index contributed by atoms with van der Waals surface area (Å²) in [7, 11) is 0. The molecule has 0 spiro atoms. The molecule has 0 bridgehead atoms. The lowest BCUT2D eigenvalue weighted by molar-refractivity contribution is 0.101. The second-order valence-corrected chi connectivity index (χ2v) is 10.9. The highest BCUT2D eigenvalue weighted by atomic mass is 32.2. The van der Waals surface area contributed by atoms with Crippen LogP contribution in [0.25, 0.3) is 0 Å². The number of hydrogen-bond donors (Lipinski definition) is 2. The van der Waals surface area contributed by atoms with E-state index in [1.54, 1.807) is 16.8 Å². The summed E-state index contributed by atoms with van der Waals surface area (Å²) in [5.41, 5.74) is 8.17. The molecule has 1 atom stereocenters. The quantitative estimate of drug-likeness (QED) is 0.521. The molecule has 8 heteroatoms. The molecule has 1 aliphatic rings. The van der Waals surface area contributed by atoms with Crippen molar-refractivity contribution in [1.82, 2.24) is 9.78 Å². The molecule has 0 saturated heterocycles. The van der Waals surface area contributed by atoms with Gasteiger partial charge in [-0.3, -0.25) is 14.5 Å². The number of amides is 1. The number of carbonyl (C=O) groups is 1. The predicted octanol–water partition coefficient (Wildman–Crippen LogP) is 5.29. The molecule has 1 aromatic heterocycles. The third-order valence-electron chi connectivity index (χ3n) is 5.96. The molecular formula is C26H30FN5OS. The van der Waals surface area contributed by atoms with Crippen LogP contribution in [-0.2, 0) is 17.5 Å². The Morgan fingerprint density at radius 1 is 1.21 bits per heavy atom. The maximum atomic E-state index is 14.8. The lowest BCUT2D eigenvalue weighted by atomic mass is 9.89. The number of nitrogens with one attached hydrogen (secondary N) is 1. The maximum Gasteiger partial charge on any atom is 0.273 e. The Balaban J connectivity index is 1.65. The molecule has 1 unspecified atom stereocenters. The highest BCUT2D eigenvalue weighted by Gasteiger charge is 2.32. The minimum atomic E-state index is -0.769. The van der Waals surface area contributed by atoms with Gasteiger partial charge >= 0.3 is 0 Å². The van der Waals surface area contributed by atoms with Crippen molar-refractivity contribution in [3.63, 3.8) is 0 Å². The summed E-state index contributed by atoms with van der Waals surface area (Å²) in [6.45, 7) is 8.52. The Bertz CT molecular complexity index is 1230. The van der Waals surface area contributed by atoms with Crippen molar-refractivity contribution in [1.29, 1.82) is 0 Å². The first kappa shape index (κ1) is 24.0. The normalized spacial score (nSPS) is 18.4. The third-order valence-corrected chi connectivity index (χ3v) is 6.75. The van der Waals surface area contributed by atoms with E-state index in [1.165, 1.54) is 17.8 Å². The van der Waals surface area contributed by atoms with Gasteiger partial charge in [0.25, 0.3) is 5.91 Å². The van der Waals surface area contributed by atoms with Crippen LogP contribution in [0.1, 0.15) is 61.4 Å². The van der Waals surface area contributed by atoms with Gasteiger partial charge in [-0.1, -0.05) is 62.9 Å². The summed E-state index contributed by atoms with van der Waals surface area (Å²) in [6.07, 6.45) is 0.658. The van der Waals surface area contributed by atoms with Gasteiger partial charge in [0.15, 0.2) is 5.17 Å². The van der Waals surface area contributed by atoms with E-state index in [-0.39, 0.29) is 17.1 Å². The fourth-order valence-corrected chi connectivity index (χ4v) is 4.91. The molecular weight excluding hydrogens is 449 g/mol. The van der Waals surface area contributed by atoms with Crippen molar-refractivity contribution in [2.75, 3.05) is 11.1 Å². The fourth-order valence-electron chi connectivity index (χ4n) is 3.93. The summed E-state index contributed by atoms with van der Waals surface area (Å²) < 4.78 is 16.5. The number of nitrogens with two attached hydrogens (primary N) is 1. The minimum Gasteiger partial charge on any atom is -0.379 e. The topological polar surface area (TPSA) is 85.3 Å². The van der Waals surface area contributed by atoms with Crippen LogP contribution < -0.4 is 11.1 Å². The van der Waals surface area contributed by atoms with E-state index in [4.69, 9.17) is 10.8 Å². The lowest BCUT2D eigenvalue weighted by Crippen LogP contribution is -2.30. The van der Waals surface area contributed by atoms with Crippen LogP contribution in [0.15, 0.2) is 59.6 Å².